The van der Waals surface area contributed by atoms with Crippen molar-refractivity contribution in [3.8, 4) is 5.75 Å². The summed E-state index contributed by atoms with van der Waals surface area (Å²) in [7, 11) is 0. The van der Waals surface area contributed by atoms with Gasteiger partial charge in [-0.25, -0.2) is 0 Å². The number of nitrogens with one attached hydrogen (secondary N) is 1. The van der Waals surface area contributed by atoms with Gasteiger partial charge >= 0.3 is 0 Å². The van der Waals surface area contributed by atoms with Crippen LogP contribution in [-0.4, -0.2) is 25.1 Å². The largest absolute Gasteiger partial charge is 0.480 e. The number of para-hydroxylation sites is 1. The van der Waals surface area contributed by atoms with E-state index in [1.807, 2.05) is 45.0 Å². The van der Waals surface area contributed by atoms with Gasteiger partial charge in [0.2, 0.25) is 0 Å². The molecule has 1 heterocycles. The zero-order chi connectivity index (χ0) is 20.8. The van der Waals surface area contributed by atoms with Gasteiger partial charge in [0, 0.05) is 18.8 Å². The summed E-state index contributed by atoms with van der Waals surface area (Å²) in [5.74, 6) is 1.44. The Morgan fingerprint density at radius 2 is 1.93 bits per heavy atom. The van der Waals surface area contributed by atoms with E-state index in [1.165, 1.54) is 18.5 Å². The van der Waals surface area contributed by atoms with Crippen LogP contribution in [0.3, 0.4) is 0 Å². The van der Waals surface area contributed by atoms with Crippen molar-refractivity contribution < 1.29 is 9.53 Å². The number of piperidine rings is 1. The molecular formula is C25H34N2O2. The topological polar surface area (TPSA) is 41.6 Å². The Bertz CT molecular complexity index is 803. The Morgan fingerprint density at radius 1 is 1.21 bits per heavy atom. The van der Waals surface area contributed by atoms with Crippen LogP contribution in [0.25, 0.3) is 0 Å². The van der Waals surface area contributed by atoms with E-state index in [0.717, 1.165) is 35.9 Å². The van der Waals surface area contributed by atoms with Gasteiger partial charge in [0.05, 0.1) is 6.04 Å². The third-order valence-electron chi connectivity index (χ3n) is 5.80. The fourth-order valence-electron chi connectivity index (χ4n) is 3.95. The van der Waals surface area contributed by atoms with Gasteiger partial charge in [-0.3, -0.25) is 4.79 Å². The summed E-state index contributed by atoms with van der Waals surface area (Å²) in [4.78, 5) is 15.2. The predicted octanol–water partition coefficient (Wildman–Crippen LogP) is 5.27. The number of carbonyl (C=O) groups is 1. The minimum absolute atomic E-state index is 0.0636. The highest BCUT2D eigenvalue weighted by Gasteiger charge is 2.22. The van der Waals surface area contributed by atoms with Gasteiger partial charge in [0.1, 0.15) is 5.75 Å². The van der Waals surface area contributed by atoms with E-state index >= 15 is 0 Å². The normalized spacial score (nSPS) is 18.8. The van der Waals surface area contributed by atoms with Crippen LogP contribution in [0.4, 0.5) is 5.69 Å². The quantitative estimate of drug-likeness (QED) is 0.696. The fraction of sp³-hybridized carbons (Fsp3) is 0.480. The first kappa shape index (κ1) is 21.2. The summed E-state index contributed by atoms with van der Waals surface area (Å²) in [5, 5.41) is 3.12. The summed E-state index contributed by atoms with van der Waals surface area (Å²) < 4.78 is 5.98. The molecular weight excluding hydrogens is 360 g/mol. The number of amides is 1. The molecule has 29 heavy (non-hydrogen) atoms. The second-order valence-corrected chi connectivity index (χ2v) is 8.30. The first-order valence-electron chi connectivity index (χ1n) is 10.9. The first-order chi connectivity index (χ1) is 14.0. The standard InChI is InChI=1S/C25H34N2O2/c1-5-23(29-24-11-7-6-10-19(24)3)25(28)26-20(4)21-12-14-22(15-13-21)27-16-8-9-18(2)17-27/h6-7,10-15,18,20,23H,5,8-9,16-17H2,1-4H3,(H,26,28). The minimum atomic E-state index is -0.493. The molecule has 4 heteroatoms. The van der Waals surface area contributed by atoms with Crippen molar-refractivity contribution in [2.75, 3.05) is 18.0 Å². The molecule has 1 saturated heterocycles. The first-order valence-corrected chi connectivity index (χ1v) is 10.9. The number of nitrogens with zero attached hydrogens (tertiary/aromatic N) is 1. The maximum Gasteiger partial charge on any atom is 0.261 e. The average molecular weight is 395 g/mol. The van der Waals surface area contributed by atoms with Crippen LogP contribution in [0.2, 0.25) is 0 Å². The number of ether oxygens (including phenoxy) is 1. The highest BCUT2D eigenvalue weighted by Crippen LogP contribution is 2.25. The fourth-order valence-corrected chi connectivity index (χ4v) is 3.95. The molecule has 0 radical (unpaired) electrons. The zero-order valence-electron chi connectivity index (χ0n) is 18.2. The summed E-state index contributed by atoms with van der Waals surface area (Å²) in [6.07, 6.45) is 2.71. The van der Waals surface area contributed by atoms with Crippen LogP contribution in [0.5, 0.6) is 5.75 Å². The van der Waals surface area contributed by atoms with Crippen LogP contribution in [-0.2, 0) is 4.79 Å². The van der Waals surface area contributed by atoms with Gasteiger partial charge in [-0.1, -0.05) is 44.2 Å². The Hall–Kier alpha value is -2.49. The van der Waals surface area contributed by atoms with Crippen molar-refractivity contribution in [1.29, 1.82) is 0 Å². The van der Waals surface area contributed by atoms with Gasteiger partial charge in [-0.05, 0) is 68.4 Å². The third-order valence-corrected chi connectivity index (χ3v) is 5.80. The van der Waals surface area contributed by atoms with E-state index in [-0.39, 0.29) is 11.9 Å². The van der Waals surface area contributed by atoms with Crippen molar-refractivity contribution >= 4 is 11.6 Å². The molecule has 156 valence electrons. The number of hydrogen-bond donors (Lipinski definition) is 1. The molecule has 2 aromatic rings. The van der Waals surface area contributed by atoms with E-state index in [1.54, 1.807) is 0 Å². The third kappa shape index (κ3) is 5.53. The maximum absolute atomic E-state index is 12.8. The molecule has 2 aromatic carbocycles. The number of anilines is 1. The Labute approximate surface area is 175 Å². The molecule has 0 saturated carbocycles. The van der Waals surface area contributed by atoms with Crippen LogP contribution >= 0.6 is 0 Å². The molecule has 1 N–H and O–H groups in total. The summed E-state index contributed by atoms with van der Waals surface area (Å²) in [6.45, 7) is 10.6. The number of hydrogen-bond acceptors (Lipinski definition) is 3. The maximum atomic E-state index is 12.8. The molecule has 1 amide bonds. The van der Waals surface area contributed by atoms with Crippen molar-refractivity contribution in [2.45, 2.75) is 59.1 Å². The van der Waals surface area contributed by atoms with E-state index in [0.29, 0.717) is 6.42 Å². The molecule has 3 unspecified atom stereocenters. The molecule has 3 atom stereocenters. The smallest absolute Gasteiger partial charge is 0.261 e. The molecule has 1 aliphatic heterocycles. The van der Waals surface area contributed by atoms with Crippen LogP contribution in [0, 0.1) is 12.8 Å². The number of aryl methyl sites for hydroxylation is 1. The molecule has 0 bridgehead atoms. The van der Waals surface area contributed by atoms with Gasteiger partial charge in [-0.2, -0.15) is 0 Å². The lowest BCUT2D eigenvalue weighted by Crippen LogP contribution is -2.39. The van der Waals surface area contributed by atoms with E-state index < -0.39 is 6.10 Å². The van der Waals surface area contributed by atoms with Crippen molar-refractivity contribution in [3.63, 3.8) is 0 Å². The second-order valence-electron chi connectivity index (χ2n) is 8.30. The van der Waals surface area contributed by atoms with Crippen LogP contribution in [0.1, 0.15) is 57.2 Å². The number of benzene rings is 2. The lowest BCUT2D eigenvalue weighted by molar-refractivity contribution is -0.128. The van der Waals surface area contributed by atoms with Crippen LogP contribution < -0.4 is 15.0 Å². The van der Waals surface area contributed by atoms with Gasteiger partial charge in [-0.15, -0.1) is 0 Å². The number of rotatable bonds is 7. The molecule has 1 fully saturated rings. The SMILES string of the molecule is CCC(Oc1ccccc1C)C(=O)NC(C)c1ccc(N2CCCC(C)C2)cc1. The molecule has 1 aliphatic rings. The van der Waals surface area contributed by atoms with Gasteiger partial charge < -0.3 is 15.0 Å². The van der Waals surface area contributed by atoms with Crippen molar-refractivity contribution in [2.24, 2.45) is 5.92 Å². The lowest BCUT2D eigenvalue weighted by atomic mass is 9.99. The summed E-state index contributed by atoms with van der Waals surface area (Å²) in [5.41, 5.74) is 3.42. The summed E-state index contributed by atoms with van der Waals surface area (Å²) in [6, 6.07) is 16.4. The van der Waals surface area contributed by atoms with E-state index in [4.69, 9.17) is 4.74 Å². The van der Waals surface area contributed by atoms with Crippen molar-refractivity contribution in [1.82, 2.24) is 5.32 Å². The molecule has 0 spiro atoms. The zero-order valence-corrected chi connectivity index (χ0v) is 18.2. The predicted molar refractivity (Wildman–Crippen MR) is 119 cm³/mol. The summed E-state index contributed by atoms with van der Waals surface area (Å²) >= 11 is 0. The Morgan fingerprint density at radius 3 is 2.59 bits per heavy atom. The van der Waals surface area contributed by atoms with E-state index in [9.17, 15) is 4.79 Å². The van der Waals surface area contributed by atoms with Crippen LogP contribution in [0.15, 0.2) is 48.5 Å². The highest BCUT2D eigenvalue weighted by molar-refractivity contribution is 5.81. The average Bonchev–Trinajstić information content (AvgIpc) is 2.73. The number of carbonyl (C=O) groups excluding carboxylic acids is 1. The minimum Gasteiger partial charge on any atom is -0.480 e. The Balaban J connectivity index is 1.60. The monoisotopic (exact) mass is 394 g/mol. The molecule has 4 nitrogen and oxygen atoms in total. The molecule has 0 aliphatic carbocycles. The highest BCUT2D eigenvalue weighted by atomic mass is 16.5. The molecule has 3 rings (SSSR count). The Kier molecular flexibility index (Phi) is 7.18. The van der Waals surface area contributed by atoms with E-state index in [2.05, 4.69) is 41.4 Å². The molecule has 0 aromatic heterocycles. The van der Waals surface area contributed by atoms with Gasteiger partial charge in [0.25, 0.3) is 5.91 Å². The second kappa shape index (κ2) is 9.82. The lowest BCUT2D eigenvalue weighted by Gasteiger charge is -2.33. The van der Waals surface area contributed by atoms with Gasteiger partial charge in [0.15, 0.2) is 6.10 Å². The van der Waals surface area contributed by atoms with Crippen molar-refractivity contribution in [3.05, 3.63) is 59.7 Å².